The van der Waals surface area contributed by atoms with Crippen LogP contribution in [-0.2, 0) is 0 Å². The second-order valence-electron chi connectivity index (χ2n) is 3.56. The standard InChI is InChI=1S/C10H11BrN4/c1-10(2,6-13)15-9-7(5-12)8(11)3-4-14-9/h3-5,12H,1-2H3,(H,14,15). The molecule has 0 aliphatic carbocycles. The predicted octanol–water partition coefficient (Wildman–Crippen LogP) is 2.56. The quantitative estimate of drug-likeness (QED) is 0.826. The lowest BCUT2D eigenvalue weighted by atomic mass is 10.1. The molecule has 4 nitrogen and oxygen atoms in total. The summed E-state index contributed by atoms with van der Waals surface area (Å²) in [4.78, 5) is 4.10. The summed E-state index contributed by atoms with van der Waals surface area (Å²) in [5.74, 6) is 0.533. The average molecular weight is 267 g/mol. The molecule has 0 saturated carbocycles. The number of hydrogen-bond acceptors (Lipinski definition) is 4. The van der Waals surface area contributed by atoms with Gasteiger partial charge in [0.1, 0.15) is 11.4 Å². The minimum absolute atomic E-state index is 0.533. The molecule has 5 heteroatoms. The van der Waals surface area contributed by atoms with Crippen molar-refractivity contribution in [1.82, 2.24) is 4.98 Å². The highest BCUT2D eigenvalue weighted by molar-refractivity contribution is 9.10. The topological polar surface area (TPSA) is 72.6 Å². The van der Waals surface area contributed by atoms with E-state index in [4.69, 9.17) is 10.7 Å². The molecule has 1 aromatic heterocycles. The molecule has 0 aromatic carbocycles. The Labute approximate surface area is 97.0 Å². The third-order valence-corrected chi connectivity index (χ3v) is 2.48. The van der Waals surface area contributed by atoms with Crippen LogP contribution in [0.5, 0.6) is 0 Å². The Bertz CT molecular complexity index is 420. The van der Waals surface area contributed by atoms with Crippen LogP contribution in [0.1, 0.15) is 19.4 Å². The highest BCUT2D eigenvalue weighted by Crippen LogP contribution is 2.22. The van der Waals surface area contributed by atoms with Crippen LogP contribution in [0.25, 0.3) is 0 Å². The van der Waals surface area contributed by atoms with Gasteiger partial charge in [0.05, 0.1) is 6.07 Å². The van der Waals surface area contributed by atoms with Gasteiger partial charge in [-0.3, -0.25) is 0 Å². The summed E-state index contributed by atoms with van der Waals surface area (Å²) < 4.78 is 0.781. The second-order valence-corrected chi connectivity index (χ2v) is 4.42. The molecular formula is C10H11BrN4. The Morgan fingerprint density at radius 3 is 2.87 bits per heavy atom. The fourth-order valence-electron chi connectivity index (χ4n) is 1.01. The van der Waals surface area contributed by atoms with Crippen LogP contribution in [0.2, 0.25) is 0 Å². The zero-order valence-corrected chi connectivity index (χ0v) is 10.1. The van der Waals surface area contributed by atoms with Gasteiger partial charge in [0.25, 0.3) is 0 Å². The van der Waals surface area contributed by atoms with Gasteiger partial charge in [-0.05, 0) is 35.8 Å². The van der Waals surface area contributed by atoms with Gasteiger partial charge in [0.15, 0.2) is 0 Å². The first kappa shape index (κ1) is 11.7. The van der Waals surface area contributed by atoms with Gasteiger partial charge >= 0.3 is 0 Å². The summed E-state index contributed by atoms with van der Waals surface area (Å²) in [6.07, 6.45) is 2.82. The van der Waals surface area contributed by atoms with Gasteiger partial charge in [0.2, 0.25) is 0 Å². The van der Waals surface area contributed by atoms with E-state index in [1.54, 1.807) is 26.1 Å². The van der Waals surface area contributed by atoms with Crippen molar-refractivity contribution < 1.29 is 0 Å². The molecule has 0 saturated heterocycles. The zero-order valence-electron chi connectivity index (χ0n) is 8.50. The summed E-state index contributed by atoms with van der Waals surface area (Å²) >= 11 is 3.32. The largest absolute Gasteiger partial charge is 0.352 e. The zero-order chi connectivity index (χ0) is 11.5. The monoisotopic (exact) mass is 266 g/mol. The van der Waals surface area contributed by atoms with Crippen molar-refractivity contribution in [2.24, 2.45) is 0 Å². The van der Waals surface area contributed by atoms with E-state index in [0.29, 0.717) is 11.4 Å². The molecule has 15 heavy (non-hydrogen) atoms. The van der Waals surface area contributed by atoms with Crippen LogP contribution in [0.3, 0.4) is 0 Å². The first-order valence-corrected chi connectivity index (χ1v) is 5.14. The number of rotatable bonds is 3. The molecule has 0 unspecified atom stereocenters. The normalized spacial score (nSPS) is 10.5. The fourth-order valence-corrected chi connectivity index (χ4v) is 1.43. The van der Waals surface area contributed by atoms with Gasteiger partial charge in [-0.1, -0.05) is 0 Å². The average Bonchev–Trinajstić information content (AvgIpc) is 2.18. The molecule has 2 N–H and O–H groups in total. The number of halogens is 1. The maximum atomic E-state index is 8.88. The van der Waals surface area contributed by atoms with Gasteiger partial charge < -0.3 is 10.7 Å². The molecule has 78 valence electrons. The lowest BCUT2D eigenvalue weighted by Gasteiger charge is -2.19. The Hall–Kier alpha value is -1.41. The number of hydrogen-bond donors (Lipinski definition) is 2. The Morgan fingerprint density at radius 2 is 2.33 bits per heavy atom. The number of pyridine rings is 1. The molecule has 0 aliphatic rings. The SMILES string of the molecule is CC(C)(C#N)Nc1nccc(Br)c1C=N. The molecular weight excluding hydrogens is 256 g/mol. The predicted molar refractivity (Wildman–Crippen MR) is 63.1 cm³/mol. The van der Waals surface area contributed by atoms with E-state index < -0.39 is 5.54 Å². The highest BCUT2D eigenvalue weighted by atomic mass is 79.9. The molecule has 0 amide bonds. The van der Waals surface area contributed by atoms with Crippen molar-refractivity contribution in [2.75, 3.05) is 5.32 Å². The van der Waals surface area contributed by atoms with E-state index in [1.165, 1.54) is 6.21 Å². The van der Waals surface area contributed by atoms with Crippen LogP contribution in [0.15, 0.2) is 16.7 Å². The number of nitriles is 1. The molecule has 0 fully saturated rings. The molecule has 1 heterocycles. The lowest BCUT2D eigenvalue weighted by Crippen LogP contribution is -2.29. The van der Waals surface area contributed by atoms with Crippen LogP contribution in [0.4, 0.5) is 5.82 Å². The minimum atomic E-state index is -0.703. The summed E-state index contributed by atoms with van der Waals surface area (Å²) in [5, 5.41) is 19.1. The van der Waals surface area contributed by atoms with Gasteiger partial charge in [-0.15, -0.1) is 0 Å². The first-order valence-electron chi connectivity index (χ1n) is 4.34. The van der Waals surface area contributed by atoms with Crippen LogP contribution >= 0.6 is 15.9 Å². The van der Waals surface area contributed by atoms with E-state index in [9.17, 15) is 0 Å². The number of aromatic nitrogens is 1. The molecule has 0 spiro atoms. The molecule has 0 radical (unpaired) electrons. The molecule has 1 aromatic rings. The maximum Gasteiger partial charge on any atom is 0.137 e. The van der Waals surface area contributed by atoms with Gasteiger partial charge in [0, 0.05) is 22.4 Å². The smallest absolute Gasteiger partial charge is 0.137 e. The summed E-state index contributed by atoms with van der Waals surface area (Å²) in [6, 6.07) is 3.87. The number of anilines is 1. The Balaban J connectivity index is 3.11. The Morgan fingerprint density at radius 1 is 1.67 bits per heavy atom. The van der Waals surface area contributed by atoms with Crippen LogP contribution in [0, 0.1) is 16.7 Å². The van der Waals surface area contributed by atoms with Crippen molar-refractivity contribution in [2.45, 2.75) is 19.4 Å². The van der Waals surface area contributed by atoms with Gasteiger partial charge in [-0.25, -0.2) is 4.98 Å². The third kappa shape index (κ3) is 2.77. The fraction of sp³-hybridized carbons (Fsp3) is 0.300. The van der Waals surface area contributed by atoms with E-state index >= 15 is 0 Å². The van der Waals surface area contributed by atoms with Crippen molar-refractivity contribution in [3.63, 3.8) is 0 Å². The van der Waals surface area contributed by atoms with E-state index in [0.717, 1.165) is 4.47 Å². The summed E-state index contributed by atoms with van der Waals surface area (Å²) in [5.41, 5.74) is -0.0632. The minimum Gasteiger partial charge on any atom is -0.352 e. The van der Waals surface area contributed by atoms with Crippen LogP contribution in [-0.4, -0.2) is 16.7 Å². The van der Waals surface area contributed by atoms with E-state index in [2.05, 4.69) is 32.3 Å². The number of nitrogens with zero attached hydrogens (tertiary/aromatic N) is 2. The maximum absolute atomic E-state index is 8.88. The molecule has 0 aliphatic heterocycles. The molecule has 0 atom stereocenters. The third-order valence-electron chi connectivity index (χ3n) is 1.79. The van der Waals surface area contributed by atoms with Crippen molar-refractivity contribution in [1.29, 1.82) is 10.7 Å². The Kier molecular flexibility index (Phi) is 3.43. The molecule has 1 rings (SSSR count). The summed E-state index contributed by atoms with van der Waals surface area (Å²) in [7, 11) is 0. The van der Waals surface area contributed by atoms with Gasteiger partial charge in [-0.2, -0.15) is 5.26 Å². The van der Waals surface area contributed by atoms with Crippen molar-refractivity contribution >= 4 is 28.0 Å². The van der Waals surface area contributed by atoms with Crippen molar-refractivity contribution in [3.05, 3.63) is 22.3 Å². The highest BCUT2D eigenvalue weighted by Gasteiger charge is 2.18. The van der Waals surface area contributed by atoms with Crippen molar-refractivity contribution in [3.8, 4) is 6.07 Å². The van der Waals surface area contributed by atoms with E-state index in [1.807, 2.05) is 0 Å². The molecule has 0 bridgehead atoms. The number of nitrogens with one attached hydrogen (secondary N) is 2. The second kappa shape index (κ2) is 4.41. The summed E-state index contributed by atoms with van der Waals surface area (Å²) in [6.45, 7) is 3.51. The van der Waals surface area contributed by atoms with E-state index in [-0.39, 0.29) is 0 Å². The first-order chi connectivity index (χ1) is 7.00. The van der Waals surface area contributed by atoms with Crippen LogP contribution < -0.4 is 5.32 Å². The lowest BCUT2D eigenvalue weighted by molar-refractivity contribution is 0.723.